The standard InChI is InChI=1S/C19H24O4.C5H10.CH4.2CH3.Fe/c1-21-17-12-15(13-18(22-2)19(17)23-3)16(20)11-7-6-10-14-8-4-5-9-14;1-2-4-5-3-1;;;;/h6-7,10-14H,4-5,8-9H2,1-3H3;1-5H2;1H4;2*1H3;/q;;;2*-1;+2/b10-6+,11-7+;;;;;. The van der Waals surface area contributed by atoms with Crippen molar-refractivity contribution in [1.82, 2.24) is 0 Å². The number of ketones is 1. The predicted molar refractivity (Wildman–Crippen MR) is 133 cm³/mol. The maximum Gasteiger partial charge on any atom is 2.00 e. The minimum atomic E-state index is -0.0969. The number of hydrogen-bond acceptors (Lipinski definition) is 4. The molecule has 32 heavy (non-hydrogen) atoms. The third-order valence-electron chi connectivity index (χ3n) is 5.34. The van der Waals surface area contributed by atoms with Gasteiger partial charge in [0.25, 0.3) is 0 Å². The Hall–Kier alpha value is -1.71. The summed E-state index contributed by atoms with van der Waals surface area (Å²) in [5.41, 5.74) is 0.505. The Kier molecular flexibility index (Phi) is 21.7. The number of allylic oxidation sites excluding steroid dienone is 4. The van der Waals surface area contributed by atoms with Crippen LogP contribution in [0.15, 0.2) is 36.4 Å². The van der Waals surface area contributed by atoms with Crippen molar-refractivity contribution in [3.8, 4) is 17.2 Å². The minimum Gasteiger partial charge on any atom is -0.493 e. The quantitative estimate of drug-likeness (QED) is 0.130. The molecule has 5 heteroatoms. The fourth-order valence-corrected chi connectivity index (χ4v) is 3.72. The van der Waals surface area contributed by atoms with Crippen molar-refractivity contribution in [2.45, 2.75) is 65.2 Å². The zero-order chi connectivity index (χ0) is 20.2. The molecule has 3 rings (SSSR count). The van der Waals surface area contributed by atoms with Gasteiger partial charge in [-0.05, 0) is 37.0 Å². The molecular formula is C27H44FeO4. The number of methoxy groups -OCH3 is 3. The maximum absolute atomic E-state index is 12.3. The van der Waals surface area contributed by atoms with Crippen LogP contribution in [-0.4, -0.2) is 27.1 Å². The van der Waals surface area contributed by atoms with Crippen molar-refractivity contribution >= 4 is 5.78 Å². The second-order valence-electron chi connectivity index (χ2n) is 7.33. The molecule has 2 fully saturated rings. The average Bonchev–Trinajstić information content (AvgIpc) is 3.46. The molecule has 4 nitrogen and oxygen atoms in total. The van der Waals surface area contributed by atoms with Gasteiger partial charge in [0.1, 0.15) is 0 Å². The summed E-state index contributed by atoms with van der Waals surface area (Å²) in [5.74, 6) is 2.00. The second kappa shape index (κ2) is 19.9. The van der Waals surface area contributed by atoms with Gasteiger partial charge in [0.15, 0.2) is 17.3 Å². The van der Waals surface area contributed by atoms with Crippen LogP contribution in [0.4, 0.5) is 0 Å². The molecule has 0 aromatic heterocycles. The van der Waals surface area contributed by atoms with Crippen LogP contribution in [0.5, 0.6) is 17.2 Å². The molecule has 0 heterocycles. The van der Waals surface area contributed by atoms with E-state index in [1.54, 1.807) is 24.3 Å². The monoisotopic (exact) mass is 488 g/mol. The number of rotatable bonds is 7. The van der Waals surface area contributed by atoms with Crippen molar-refractivity contribution in [3.63, 3.8) is 0 Å². The van der Waals surface area contributed by atoms with Gasteiger partial charge < -0.3 is 29.1 Å². The van der Waals surface area contributed by atoms with Gasteiger partial charge in [0.05, 0.1) is 21.3 Å². The third-order valence-corrected chi connectivity index (χ3v) is 5.34. The van der Waals surface area contributed by atoms with E-state index in [4.69, 9.17) is 14.2 Å². The first-order chi connectivity index (χ1) is 13.7. The van der Waals surface area contributed by atoms with Crippen LogP contribution < -0.4 is 14.2 Å². The molecular weight excluding hydrogens is 444 g/mol. The molecule has 1 aromatic rings. The van der Waals surface area contributed by atoms with E-state index >= 15 is 0 Å². The van der Waals surface area contributed by atoms with Gasteiger partial charge in [-0.2, -0.15) is 0 Å². The summed E-state index contributed by atoms with van der Waals surface area (Å²) >= 11 is 0. The van der Waals surface area contributed by atoms with Gasteiger partial charge in [-0.3, -0.25) is 4.79 Å². The van der Waals surface area contributed by atoms with Crippen LogP contribution in [-0.2, 0) is 17.1 Å². The van der Waals surface area contributed by atoms with Gasteiger partial charge in [0, 0.05) is 5.56 Å². The van der Waals surface area contributed by atoms with Crippen LogP contribution in [0.3, 0.4) is 0 Å². The van der Waals surface area contributed by atoms with Crippen LogP contribution in [0, 0.1) is 20.8 Å². The molecule has 2 saturated carbocycles. The summed E-state index contributed by atoms with van der Waals surface area (Å²) in [6.07, 6.45) is 20.1. The number of carbonyl (C=O) groups excluding carboxylic acids is 1. The molecule has 0 bridgehead atoms. The van der Waals surface area contributed by atoms with Gasteiger partial charge in [-0.1, -0.05) is 70.6 Å². The number of ether oxygens (including phenoxy) is 3. The molecule has 2 aliphatic carbocycles. The van der Waals surface area contributed by atoms with E-state index in [0.717, 1.165) is 0 Å². The Morgan fingerprint density at radius 2 is 1.28 bits per heavy atom. The summed E-state index contributed by atoms with van der Waals surface area (Å²) in [4.78, 5) is 12.3. The summed E-state index contributed by atoms with van der Waals surface area (Å²) in [6, 6.07) is 3.32. The van der Waals surface area contributed by atoms with E-state index in [2.05, 4.69) is 6.08 Å². The van der Waals surface area contributed by atoms with Crippen molar-refractivity contribution in [2.24, 2.45) is 5.92 Å². The van der Waals surface area contributed by atoms with Crippen molar-refractivity contribution < 1.29 is 36.1 Å². The Morgan fingerprint density at radius 3 is 1.69 bits per heavy atom. The molecule has 1 aromatic carbocycles. The van der Waals surface area contributed by atoms with Crippen LogP contribution in [0.25, 0.3) is 0 Å². The smallest absolute Gasteiger partial charge is 0.493 e. The van der Waals surface area contributed by atoms with Crippen LogP contribution in [0.2, 0.25) is 0 Å². The summed E-state index contributed by atoms with van der Waals surface area (Å²) in [5, 5.41) is 0. The largest absolute Gasteiger partial charge is 2.00 e. The predicted octanol–water partition coefficient (Wildman–Crippen LogP) is 7.68. The molecule has 0 N–H and O–H groups in total. The normalized spacial score (nSPS) is 14.8. The third kappa shape index (κ3) is 11.2. The molecule has 184 valence electrons. The van der Waals surface area contributed by atoms with E-state index in [9.17, 15) is 4.79 Å². The summed E-state index contributed by atoms with van der Waals surface area (Å²) in [7, 11) is 4.60. The number of benzene rings is 1. The Balaban J connectivity index is -0.000000827. The summed E-state index contributed by atoms with van der Waals surface area (Å²) < 4.78 is 15.8. The zero-order valence-electron chi connectivity index (χ0n) is 19.9. The molecule has 0 atom stereocenters. The van der Waals surface area contributed by atoms with E-state index < -0.39 is 0 Å². The van der Waals surface area contributed by atoms with Crippen LogP contribution in [0.1, 0.15) is 75.6 Å². The Morgan fingerprint density at radius 1 is 0.812 bits per heavy atom. The van der Waals surface area contributed by atoms with Gasteiger partial charge in [-0.25, -0.2) is 0 Å². The first kappa shape index (κ1) is 34.9. The average molecular weight is 488 g/mol. The molecule has 0 amide bonds. The number of hydrogen-bond donors (Lipinski definition) is 0. The van der Waals surface area contributed by atoms with Crippen molar-refractivity contribution in [2.75, 3.05) is 21.3 Å². The fourth-order valence-electron chi connectivity index (χ4n) is 3.72. The minimum absolute atomic E-state index is 0. The van der Waals surface area contributed by atoms with Crippen molar-refractivity contribution in [3.05, 3.63) is 56.9 Å². The van der Waals surface area contributed by atoms with E-state index in [1.807, 2.05) is 6.08 Å². The van der Waals surface area contributed by atoms with E-state index in [-0.39, 0.29) is 45.1 Å². The van der Waals surface area contributed by atoms with Crippen LogP contribution >= 0.6 is 0 Å². The maximum atomic E-state index is 12.3. The Labute approximate surface area is 208 Å². The van der Waals surface area contributed by atoms with Crippen molar-refractivity contribution in [1.29, 1.82) is 0 Å². The summed E-state index contributed by atoms with van der Waals surface area (Å²) in [6.45, 7) is 0. The number of carbonyl (C=O) groups is 1. The van der Waals surface area contributed by atoms with Gasteiger partial charge in [0.2, 0.25) is 5.75 Å². The van der Waals surface area contributed by atoms with Gasteiger partial charge in [-0.15, -0.1) is 0 Å². The molecule has 0 spiro atoms. The first-order valence-corrected chi connectivity index (χ1v) is 10.4. The Bertz CT molecular complexity index is 640. The van der Waals surface area contributed by atoms with Gasteiger partial charge >= 0.3 is 17.1 Å². The SMILES string of the molecule is C.C1CCCC1.COc1cc(C(=O)/C=C/C=C/C2CCCC2)cc(OC)c1OC.[CH3-].[CH3-].[Fe+2]. The topological polar surface area (TPSA) is 44.8 Å². The second-order valence-corrected chi connectivity index (χ2v) is 7.33. The molecule has 0 saturated heterocycles. The molecule has 0 unspecified atom stereocenters. The first-order valence-electron chi connectivity index (χ1n) is 10.4. The fraction of sp³-hybridized carbons (Fsp3) is 0.519. The van der Waals surface area contributed by atoms with E-state index in [1.165, 1.54) is 79.1 Å². The van der Waals surface area contributed by atoms with E-state index in [0.29, 0.717) is 28.7 Å². The molecule has 2 aliphatic rings. The molecule has 0 radical (unpaired) electrons. The zero-order valence-corrected chi connectivity index (χ0v) is 21.0. The molecule has 0 aliphatic heterocycles.